The number of rotatable bonds is 4. The Labute approximate surface area is 142 Å². The van der Waals surface area contributed by atoms with Crippen molar-refractivity contribution in [2.75, 3.05) is 0 Å². The third-order valence-corrected chi connectivity index (χ3v) is 2.91. The first-order valence-corrected chi connectivity index (χ1v) is 5.79. The number of hydrogen-bond donors (Lipinski definition) is 2. The molecule has 0 spiro atoms. The maximum Gasteiger partial charge on any atom is 0.328 e. The molecule has 1 atom stereocenters. The SMILES string of the molecule is CCC(O)CCn1cc(I)c(=O)[nH]c1=O.[Ac]. The first-order valence-electron chi connectivity index (χ1n) is 4.72. The van der Waals surface area contributed by atoms with Gasteiger partial charge in [0.2, 0.25) is 0 Å². The van der Waals surface area contributed by atoms with Gasteiger partial charge in [-0.3, -0.25) is 14.3 Å². The number of nitrogens with one attached hydrogen (secondary N) is 1. The molecule has 87 valence electrons. The number of aryl methyl sites for hydroxylation is 1. The molecule has 0 fully saturated rings. The molecule has 1 rings (SSSR count). The number of H-pyrrole nitrogens is 1. The molecule has 1 aromatic heterocycles. The topological polar surface area (TPSA) is 75.1 Å². The summed E-state index contributed by atoms with van der Waals surface area (Å²) in [6.45, 7) is 2.30. The van der Waals surface area contributed by atoms with Crippen LogP contribution in [0.5, 0.6) is 0 Å². The van der Waals surface area contributed by atoms with Gasteiger partial charge in [-0.1, -0.05) is 6.92 Å². The molecule has 5 nitrogen and oxygen atoms in total. The van der Waals surface area contributed by atoms with Crippen molar-refractivity contribution in [2.24, 2.45) is 0 Å². The van der Waals surface area contributed by atoms with E-state index < -0.39 is 11.8 Å². The minimum atomic E-state index is -0.427. The van der Waals surface area contributed by atoms with Crippen molar-refractivity contribution in [3.63, 3.8) is 0 Å². The molecule has 0 bridgehead atoms. The first-order chi connectivity index (χ1) is 7.04. The van der Waals surface area contributed by atoms with E-state index in [1.807, 2.05) is 29.5 Å². The first kappa shape index (κ1) is 16.8. The second-order valence-corrected chi connectivity index (χ2v) is 4.44. The summed E-state index contributed by atoms with van der Waals surface area (Å²) in [7, 11) is 0. The predicted octanol–water partition coefficient (Wildman–Crippen LogP) is 0.302. The van der Waals surface area contributed by atoms with Crippen molar-refractivity contribution in [3.05, 3.63) is 30.6 Å². The van der Waals surface area contributed by atoms with Crippen molar-refractivity contribution in [2.45, 2.75) is 32.4 Å². The fraction of sp³-hybridized carbons (Fsp3) is 0.556. The van der Waals surface area contributed by atoms with Gasteiger partial charge >= 0.3 is 5.69 Å². The molecule has 0 saturated carbocycles. The van der Waals surface area contributed by atoms with Crippen LogP contribution in [-0.2, 0) is 6.54 Å². The van der Waals surface area contributed by atoms with Crippen molar-refractivity contribution in [1.29, 1.82) is 0 Å². The summed E-state index contributed by atoms with van der Waals surface area (Å²) in [4.78, 5) is 24.6. The Morgan fingerprint density at radius 1 is 1.56 bits per heavy atom. The number of aliphatic hydroxyl groups excluding tert-OH is 1. The minimum Gasteiger partial charge on any atom is -0.393 e. The average molecular weight is 551 g/mol. The van der Waals surface area contributed by atoms with Gasteiger partial charge in [0.15, 0.2) is 0 Å². The standard InChI is InChI=1S/C9H13IN2O3.Ac/c1-2-6(13)3-4-12-5-7(10)8(14)11-9(12)15;/h5-6,13H,2-4H2,1H3,(H,11,14,15);. The van der Waals surface area contributed by atoms with Gasteiger partial charge < -0.3 is 5.11 Å². The monoisotopic (exact) mass is 551 g/mol. The van der Waals surface area contributed by atoms with Gasteiger partial charge in [-0.05, 0) is 35.4 Å². The molecule has 0 saturated heterocycles. The van der Waals surface area contributed by atoms with Crippen LogP contribution in [0, 0.1) is 47.6 Å². The second kappa shape index (κ2) is 8.01. The van der Waals surface area contributed by atoms with Crippen molar-refractivity contribution in [1.82, 2.24) is 9.55 Å². The van der Waals surface area contributed by atoms with E-state index in [-0.39, 0.29) is 49.6 Å². The van der Waals surface area contributed by atoms with Gasteiger partial charge in [0, 0.05) is 56.8 Å². The Morgan fingerprint density at radius 3 is 2.75 bits per heavy atom. The molecule has 1 heterocycles. The molecule has 0 aromatic carbocycles. The zero-order valence-electron chi connectivity index (χ0n) is 8.94. The van der Waals surface area contributed by atoms with Crippen molar-refractivity contribution in [3.8, 4) is 0 Å². The van der Waals surface area contributed by atoms with Crippen LogP contribution in [0.15, 0.2) is 15.8 Å². The smallest absolute Gasteiger partial charge is 0.328 e. The van der Waals surface area contributed by atoms with Gasteiger partial charge in [0.05, 0.1) is 9.67 Å². The Kier molecular flexibility index (Phi) is 8.42. The minimum absolute atomic E-state index is 0. The van der Waals surface area contributed by atoms with Crippen molar-refractivity contribution < 1.29 is 49.2 Å². The van der Waals surface area contributed by atoms with E-state index in [2.05, 4.69) is 4.98 Å². The van der Waals surface area contributed by atoms with Crippen LogP contribution in [0.3, 0.4) is 0 Å². The third kappa shape index (κ3) is 4.98. The summed E-state index contributed by atoms with van der Waals surface area (Å²) in [5.74, 6) is 0. The average Bonchev–Trinajstić information content (AvgIpc) is 2.21. The van der Waals surface area contributed by atoms with Gasteiger partial charge in [0.1, 0.15) is 0 Å². The number of aromatic nitrogens is 2. The van der Waals surface area contributed by atoms with E-state index in [1.165, 1.54) is 10.8 Å². The van der Waals surface area contributed by atoms with E-state index in [0.29, 0.717) is 23.0 Å². The number of aliphatic hydroxyl groups is 1. The Hall–Kier alpha value is 0.812. The molecule has 1 unspecified atom stereocenters. The maximum absolute atomic E-state index is 11.3. The van der Waals surface area contributed by atoms with E-state index in [1.54, 1.807) is 0 Å². The zero-order valence-corrected chi connectivity index (χ0v) is 15.8. The zero-order chi connectivity index (χ0) is 11.4. The number of hydrogen-bond acceptors (Lipinski definition) is 3. The summed E-state index contributed by atoms with van der Waals surface area (Å²) >= 11 is 1.87. The molecular formula is C9H13AcIN2O3. The van der Waals surface area contributed by atoms with Crippen LogP contribution >= 0.6 is 22.6 Å². The molecule has 0 aliphatic carbocycles. The largest absolute Gasteiger partial charge is 0.393 e. The van der Waals surface area contributed by atoms with Gasteiger partial charge in [-0.2, -0.15) is 0 Å². The van der Waals surface area contributed by atoms with Crippen LogP contribution in [0.4, 0.5) is 0 Å². The quantitative estimate of drug-likeness (QED) is 0.530. The normalized spacial score (nSPS) is 11.9. The molecule has 0 amide bonds. The molecular weight excluding hydrogens is 538 g/mol. The summed E-state index contributed by atoms with van der Waals surface area (Å²) in [6.07, 6.45) is 2.28. The predicted molar refractivity (Wildman–Crippen MR) is 65.0 cm³/mol. The number of nitrogens with zero attached hydrogens (tertiary/aromatic N) is 1. The third-order valence-electron chi connectivity index (χ3n) is 2.14. The Bertz CT molecular complexity index is 443. The van der Waals surface area contributed by atoms with Gasteiger partial charge in [-0.15, -0.1) is 0 Å². The molecule has 1 aromatic rings. The summed E-state index contributed by atoms with van der Waals surface area (Å²) in [5.41, 5.74) is -0.795. The summed E-state index contributed by atoms with van der Waals surface area (Å²) < 4.78 is 1.88. The number of halogens is 1. The number of aromatic amines is 1. The summed E-state index contributed by atoms with van der Waals surface area (Å²) in [5, 5.41) is 9.34. The van der Waals surface area contributed by atoms with Crippen LogP contribution < -0.4 is 11.2 Å². The van der Waals surface area contributed by atoms with E-state index in [0.717, 1.165) is 0 Å². The van der Waals surface area contributed by atoms with E-state index in [9.17, 15) is 14.7 Å². The van der Waals surface area contributed by atoms with E-state index in [4.69, 9.17) is 0 Å². The van der Waals surface area contributed by atoms with Gasteiger partial charge in [0.25, 0.3) is 5.56 Å². The van der Waals surface area contributed by atoms with E-state index >= 15 is 0 Å². The molecule has 7 heteroatoms. The fourth-order valence-electron chi connectivity index (χ4n) is 1.14. The van der Waals surface area contributed by atoms with Crippen LogP contribution in [0.1, 0.15) is 19.8 Å². The van der Waals surface area contributed by atoms with Gasteiger partial charge in [-0.25, -0.2) is 4.79 Å². The Morgan fingerprint density at radius 2 is 2.19 bits per heavy atom. The van der Waals surface area contributed by atoms with Crippen LogP contribution in [-0.4, -0.2) is 20.8 Å². The van der Waals surface area contributed by atoms with Crippen LogP contribution in [0.2, 0.25) is 0 Å². The van der Waals surface area contributed by atoms with Crippen LogP contribution in [0.25, 0.3) is 0 Å². The fourth-order valence-corrected chi connectivity index (χ4v) is 1.61. The maximum atomic E-state index is 11.3. The Balaban J connectivity index is 0.00000225. The molecule has 16 heavy (non-hydrogen) atoms. The second-order valence-electron chi connectivity index (χ2n) is 3.28. The molecule has 0 aliphatic heterocycles. The molecule has 1 radical (unpaired) electrons. The molecule has 2 N–H and O–H groups in total. The molecule has 0 aliphatic rings. The summed E-state index contributed by atoms with van der Waals surface area (Å²) in [6, 6.07) is 0. The van der Waals surface area contributed by atoms with Crippen molar-refractivity contribution >= 4 is 22.6 Å².